The molecule has 0 aliphatic rings. The lowest BCUT2D eigenvalue weighted by Gasteiger charge is -2.25. The number of rotatable bonds is 4. The Balaban J connectivity index is 2.09. The normalized spacial score (nSPS) is 12.5. The molecule has 0 aromatic heterocycles. The Morgan fingerprint density at radius 1 is 1.08 bits per heavy atom. The van der Waals surface area contributed by atoms with Crippen LogP contribution in [0.25, 0.3) is 0 Å². The maximum Gasteiger partial charge on any atom is 0.322 e. The van der Waals surface area contributed by atoms with Crippen LogP contribution in [0, 0.1) is 5.82 Å². The van der Waals surface area contributed by atoms with E-state index < -0.39 is 9.84 Å². The van der Waals surface area contributed by atoms with Crippen molar-refractivity contribution in [1.29, 1.82) is 0 Å². The fourth-order valence-corrected chi connectivity index (χ4v) is 2.77. The number of nitrogens with zero attached hydrogens (tertiary/aromatic N) is 1. The summed E-state index contributed by atoms with van der Waals surface area (Å²) in [6.45, 7) is 1.83. The summed E-state index contributed by atoms with van der Waals surface area (Å²) in [4.78, 5) is 14.0. The molecule has 5 nitrogen and oxygen atoms in total. The van der Waals surface area contributed by atoms with Crippen molar-refractivity contribution in [3.05, 3.63) is 59.9 Å². The van der Waals surface area contributed by atoms with Gasteiger partial charge in [0.1, 0.15) is 5.82 Å². The van der Waals surface area contributed by atoms with E-state index in [1.165, 1.54) is 41.3 Å². The van der Waals surface area contributed by atoms with Gasteiger partial charge in [-0.3, -0.25) is 0 Å². The first-order valence-electron chi connectivity index (χ1n) is 7.28. The summed E-state index contributed by atoms with van der Waals surface area (Å²) >= 11 is 0. The van der Waals surface area contributed by atoms with Crippen LogP contribution in [0.4, 0.5) is 14.9 Å². The average molecular weight is 350 g/mol. The molecule has 0 aliphatic heterocycles. The quantitative estimate of drug-likeness (QED) is 0.918. The molecule has 2 aromatic rings. The first-order chi connectivity index (χ1) is 11.2. The summed E-state index contributed by atoms with van der Waals surface area (Å²) in [6, 6.07) is 11.3. The number of anilines is 1. The first kappa shape index (κ1) is 17.9. The van der Waals surface area contributed by atoms with Crippen LogP contribution in [-0.2, 0) is 9.84 Å². The number of sulfone groups is 1. The van der Waals surface area contributed by atoms with Crippen LogP contribution in [0.2, 0.25) is 0 Å². The van der Waals surface area contributed by atoms with Gasteiger partial charge in [-0.15, -0.1) is 0 Å². The van der Waals surface area contributed by atoms with Crippen molar-refractivity contribution in [2.24, 2.45) is 0 Å². The lowest BCUT2D eigenvalue weighted by Crippen LogP contribution is -2.33. The van der Waals surface area contributed by atoms with Crippen LogP contribution in [0.1, 0.15) is 18.5 Å². The van der Waals surface area contributed by atoms with E-state index in [1.54, 1.807) is 19.2 Å². The zero-order valence-corrected chi connectivity index (χ0v) is 14.5. The van der Waals surface area contributed by atoms with E-state index in [-0.39, 0.29) is 22.8 Å². The Morgan fingerprint density at radius 2 is 1.62 bits per heavy atom. The Morgan fingerprint density at radius 3 is 2.12 bits per heavy atom. The molecule has 1 atom stereocenters. The Bertz CT molecular complexity index is 818. The molecular formula is C17H19FN2O3S. The summed E-state index contributed by atoms with van der Waals surface area (Å²) in [5.74, 6) is -0.374. The van der Waals surface area contributed by atoms with Gasteiger partial charge in [-0.25, -0.2) is 17.6 Å². The van der Waals surface area contributed by atoms with Gasteiger partial charge in [0, 0.05) is 19.0 Å². The SMILES string of the molecule is CC(c1ccc(S(C)(=O)=O)cc1)N(C)C(=O)Nc1ccc(F)cc1. The third-order valence-corrected chi connectivity index (χ3v) is 4.92. The predicted molar refractivity (Wildman–Crippen MR) is 91.1 cm³/mol. The third kappa shape index (κ3) is 4.32. The van der Waals surface area contributed by atoms with Crippen molar-refractivity contribution >= 4 is 21.6 Å². The summed E-state index contributed by atoms with van der Waals surface area (Å²) < 4.78 is 35.8. The predicted octanol–water partition coefficient (Wildman–Crippen LogP) is 3.45. The van der Waals surface area contributed by atoms with E-state index in [2.05, 4.69) is 5.32 Å². The molecule has 1 N–H and O–H groups in total. The van der Waals surface area contributed by atoms with Gasteiger partial charge in [-0.05, 0) is 48.9 Å². The average Bonchev–Trinajstić information content (AvgIpc) is 2.55. The number of halogens is 1. The molecule has 0 heterocycles. The summed E-state index contributed by atoms with van der Waals surface area (Å²) in [7, 11) is -1.62. The Labute approximate surface area is 141 Å². The van der Waals surface area contributed by atoms with Crippen molar-refractivity contribution in [3.8, 4) is 0 Å². The van der Waals surface area contributed by atoms with E-state index in [9.17, 15) is 17.6 Å². The molecule has 0 fully saturated rings. The van der Waals surface area contributed by atoms with Gasteiger partial charge in [-0.2, -0.15) is 0 Å². The van der Waals surface area contributed by atoms with E-state index in [0.717, 1.165) is 11.8 Å². The van der Waals surface area contributed by atoms with Gasteiger partial charge in [0.25, 0.3) is 0 Å². The molecule has 0 aliphatic carbocycles. The fraction of sp³-hybridized carbons (Fsp3) is 0.235. The smallest absolute Gasteiger partial charge is 0.321 e. The third-order valence-electron chi connectivity index (χ3n) is 3.79. The van der Waals surface area contributed by atoms with Crippen molar-refractivity contribution in [1.82, 2.24) is 4.90 Å². The van der Waals surface area contributed by atoms with E-state index in [0.29, 0.717) is 5.69 Å². The van der Waals surface area contributed by atoms with Crippen LogP contribution < -0.4 is 5.32 Å². The van der Waals surface area contributed by atoms with Crippen LogP contribution in [0.3, 0.4) is 0 Å². The topological polar surface area (TPSA) is 66.5 Å². The highest BCUT2D eigenvalue weighted by Gasteiger charge is 2.18. The molecule has 0 spiro atoms. The lowest BCUT2D eigenvalue weighted by atomic mass is 10.1. The van der Waals surface area contributed by atoms with Crippen LogP contribution >= 0.6 is 0 Å². The number of benzene rings is 2. The molecule has 0 saturated carbocycles. The zero-order valence-electron chi connectivity index (χ0n) is 13.7. The molecule has 7 heteroatoms. The summed E-state index contributed by atoms with van der Waals surface area (Å²) in [5, 5.41) is 2.68. The van der Waals surface area contributed by atoms with Gasteiger partial charge in [0.05, 0.1) is 10.9 Å². The van der Waals surface area contributed by atoms with Crippen molar-refractivity contribution in [3.63, 3.8) is 0 Å². The van der Waals surface area contributed by atoms with Crippen molar-refractivity contribution < 1.29 is 17.6 Å². The van der Waals surface area contributed by atoms with Gasteiger partial charge < -0.3 is 10.2 Å². The number of nitrogens with one attached hydrogen (secondary N) is 1. The van der Waals surface area contributed by atoms with Gasteiger partial charge in [-0.1, -0.05) is 12.1 Å². The number of carbonyl (C=O) groups excluding carboxylic acids is 1. The fourth-order valence-electron chi connectivity index (χ4n) is 2.14. The molecular weight excluding hydrogens is 331 g/mol. The van der Waals surface area contributed by atoms with Crippen molar-refractivity contribution in [2.45, 2.75) is 17.9 Å². The minimum Gasteiger partial charge on any atom is -0.321 e. The van der Waals surface area contributed by atoms with Gasteiger partial charge in [0.2, 0.25) is 0 Å². The highest BCUT2D eigenvalue weighted by atomic mass is 32.2. The molecule has 128 valence electrons. The monoisotopic (exact) mass is 350 g/mol. The lowest BCUT2D eigenvalue weighted by molar-refractivity contribution is 0.208. The van der Waals surface area contributed by atoms with Crippen LogP contribution in [-0.4, -0.2) is 32.7 Å². The van der Waals surface area contributed by atoms with Gasteiger partial charge in [0.15, 0.2) is 9.84 Å². The molecule has 2 aromatic carbocycles. The highest BCUT2D eigenvalue weighted by molar-refractivity contribution is 7.90. The summed E-state index contributed by atoms with van der Waals surface area (Å²) in [5.41, 5.74) is 1.30. The van der Waals surface area contributed by atoms with E-state index in [1.807, 2.05) is 6.92 Å². The minimum absolute atomic E-state index is 0.233. The largest absolute Gasteiger partial charge is 0.322 e. The van der Waals surface area contributed by atoms with Crippen LogP contribution in [0.5, 0.6) is 0 Å². The Hall–Kier alpha value is -2.41. The molecule has 0 saturated heterocycles. The molecule has 1 unspecified atom stereocenters. The minimum atomic E-state index is -3.25. The maximum atomic E-state index is 12.9. The highest BCUT2D eigenvalue weighted by Crippen LogP contribution is 2.21. The Kier molecular flexibility index (Phi) is 5.23. The maximum absolute atomic E-state index is 12.9. The summed E-state index contributed by atoms with van der Waals surface area (Å²) in [6.07, 6.45) is 1.15. The number of carbonyl (C=O) groups is 1. The van der Waals surface area contributed by atoms with Crippen molar-refractivity contribution in [2.75, 3.05) is 18.6 Å². The molecule has 2 amide bonds. The standard InChI is InChI=1S/C17H19FN2O3S/c1-12(13-4-10-16(11-5-13)24(3,22)23)20(2)17(21)19-15-8-6-14(18)7-9-15/h4-12H,1-3H3,(H,19,21). The molecule has 0 radical (unpaired) electrons. The zero-order chi connectivity index (χ0) is 17.9. The van der Waals surface area contributed by atoms with E-state index >= 15 is 0 Å². The van der Waals surface area contributed by atoms with E-state index in [4.69, 9.17) is 0 Å². The van der Waals surface area contributed by atoms with Crippen LogP contribution in [0.15, 0.2) is 53.4 Å². The second-order valence-corrected chi connectivity index (χ2v) is 7.58. The molecule has 0 bridgehead atoms. The molecule has 24 heavy (non-hydrogen) atoms. The molecule has 2 rings (SSSR count). The van der Waals surface area contributed by atoms with Gasteiger partial charge >= 0.3 is 6.03 Å². The second kappa shape index (κ2) is 7.00. The number of amides is 2. The number of hydrogen-bond donors (Lipinski definition) is 1. The number of urea groups is 1. The number of hydrogen-bond acceptors (Lipinski definition) is 3. The first-order valence-corrected chi connectivity index (χ1v) is 9.17. The second-order valence-electron chi connectivity index (χ2n) is 5.57.